The smallest absolute Gasteiger partial charge is 0.161 e. The van der Waals surface area contributed by atoms with Gasteiger partial charge < -0.3 is 10.7 Å². The van der Waals surface area contributed by atoms with E-state index < -0.39 is 0 Å². The van der Waals surface area contributed by atoms with Gasteiger partial charge in [-0.05, 0) is 30.7 Å². The van der Waals surface area contributed by atoms with Crippen molar-refractivity contribution in [2.75, 3.05) is 12.4 Å². The number of benzene rings is 1. The van der Waals surface area contributed by atoms with E-state index in [-0.39, 0.29) is 11.0 Å². The molecular formula is C15H16ClFN4. The van der Waals surface area contributed by atoms with Gasteiger partial charge in [-0.15, -0.1) is 0 Å². The Morgan fingerprint density at radius 2 is 1.95 bits per heavy atom. The molecule has 4 nitrogen and oxygen atoms in total. The van der Waals surface area contributed by atoms with Gasteiger partial charge in [-0.25, -0.2) is 14.4 Å². The van der Waals surface area contributed by atoms with Gasteiger partial charge in [0, 0.05) is 12.6 Å². The molecule has 1 aromatic heterocycles. The number of rotatable bonds is 5. The molecule has 1 aromatic carbocycles. The molecule has 0 bridgehead atoms. The highest BCUT2D eigenvalue weighted by Crippen LogP contribution is 2.27. The molecule has 0 unspecified atom stereocenters. The number of hydrogen-bond acceptors (Lipinski definition) is 4. The number of nitrogens with zero attached hydrogens (tertiary/aromatic N) is 2. The SMILES string of the molecule is CCCC(=N)c1nc(-c2ccc(F)cc2)nc(Cl)c1NC. The number of anilines is 1. The standard InChI is InChI=1S/C15H16ClFN4/c1-3-4-11(18)12-13(19-2)14(16)21-15(20-12)9-5-7-10(17)8-6-9/h5-8,18-19H,3-4H2,1-2H3. The minimum atomic E-state index is -0.323. The van der Waals surface area contributed by atoms with Gasteiger partial charge in [-0.3, -0.25) is 0 Å². The molecule has 0 aliphatic rings. The molecule has 0 spiro atoms. The molecule has 1 heterocycles. The van der Waals surface area contributed by atoms with Gasteiger partial charge in [0.15, 0.2) is 11.0 Å². The van der Waals surface area contributed by atoms with Crippen LogP contribution in [0.1, 0.15) is 25.5 Å². The summed E-state index contributed by atoms with van der Waals surface area (Å²) in [5, 5.41) is 11.3. The Labute approximate surface area is 127 Å². The molecule has 2 N–H and O–H groups in total. The zero-order valence-electron chi connectivity index (χ0n) is 11.9. The molecule has 0 atom stereocenters. The minimum Gasteiger partial charge on any atom is -0.384 e. The Balaban J connectivity index is 2.54. The Hall–Kier alpha value is -2.01. The van der Waals surface area contributed by atoms with Crippen molar-refractivity contribution < 1.29 is 4.39 Å². The van der Waals surface area contributed by atoms with E-state index in [0.29, 0.717) is 34.9 Å². The molecule has 0 saturated carbocycles. The second-order valence-corrected chi connectivity index (χ2v) is 4.91. The lowest BCUT2D eigenvalue weighted by molar-refractivity contribution is 0.628. The summed E-state index contributed by atoms with van der Waals surface area (Å²) < 4.78 is 13.0. The first kappa shape index (κ1) is 15.4. The number of aromatic nitrogens is 2. The van der Waals surface area contributed by atoms with Crippen LogP contribution in [0, 0.1) is 11.2 Å². The van der Waals surface area contributed by atoms with Gasteiger partial charge in [0.1, 0.15) is 11.5 Å². The zero-order chi connectivity index (χ0) is 15.4. The Morgan fingerprint density at radius 3 is 2.52 bits per heavy atom. The lowest BCUT2D eigenvalue weighted by Gasteiger charge is -2.12. The second-order valence-electron chi connectivity index (χ2n) is 4.55. The summed E-state index contributed by atoms with van der Waals surface area (Å²) in [4.78, 5) is 8.64. The van der Waals surface area contributed by atoms with Crippen molar-refractivity contribution in [2.24, 2.45) is 0 Å². The van der Waals surface area contributed by atoms with Crippen molar-refractivity contribution in [3.8, 4) is 11.4 Å². The molecule has 0 radical (unpaired) electrons. The van der Waals surface area contributed by atoms with E-state index in [2.05, 4.69) is 15.3 Å². The Bertz CT molecular complexity index is 655. The average molecular weight is 307 g/mol. The summed E-state index contributed by atoms with van der Waals surface area (Å²) in [6.07, 6.45) is 1.44. The van der Waals surface area contributed by atoms with E-state index in [1.54, 1.807) is 19.2 Å². The molecule has 0 saturated heterocycles. The molecule has 0 aliphatic carbocycles. The van der Waals surface area contributed by atoms with Crippen molar-refractivity contribution in [3.05, 3.63) is 40.9 Å². The molecule has 0 fully saturated rings. The topological polar surface area (TPSA) is 61.7 Å². The maximum atomic E-state index is 13.0. The minimum absolute atomic E-state index is 0.252. The monoisotopic (exact) mass is 306 g/mol. The first-order chi connectivity index (χ1) is 10.1. The first-order valence-electron chi connectivity index (χ1n) is 6.65. The number of halogens is 2. The summed E-state index contributed by atoms with van der Waals surface area (Å²) in [5.74, 6) is 0.0606. The van der Waals surface area contributed by atoms with Gasteiger partial charge in [0.25, 0.3) is 0 Å². The third-order valence-electron chi connectivity index (χ3n) is 3.00. The molecular weight excluding hydrogens is 291 g/mol. The largest absolute Gasteiger partial charge is 0.384 e. The number of hydrogen-bond donors (Lipinski definition) is 2. The van der Waals surface area contributed by atoms with Crippen LogP contribution in [0.4, 0.5) is 10.1 Å². The highest BCUT2D eigenvalue weighted by atomic mass is 35.5. The fraction of sp³-hybridized carbons (Fsp3) is 0.267. The van der Waals surface area contributed by atoms with E-state index in [9.17, 15) is 4.39 Å². The van der Waals surface area contributed by atoms with Crippen LogP contribution in [-0.4, -0.2) is 22.7 Å². The van der Waals surface area contributed by atoms with E-state index in [1.807, 2.05) is 6.92 Å². The van der Waals surface area contributed by atoms with Gasteiger partial charge >= 0.3 is 0 Å². The van der Waals surface area contributed by atoms with Crippen molar-refractivity contribution in [2.45, 2.75) is 19.8 Å². The summed E-state index contributed by atoms with van der Waals surface area (Å²) in [7, 11) is 1.71. The lowest BCUT2D eigenvalue weighted by Crippen LogP contribution is -2.10. The molecule has 6 heteroatoms. The third-order valence-corrected chi connectivity index (χ3v) is 3.28. The van der Waals surface area contributed by atoms with Crippen LogP contribution in [0.25, 0.3) is 11.4 Å². The quantitative estimate of drug-likeness (QED) is 0.644. The summed E-state index contributed by atoms with van der Waals surface area (Å²) in [6, 6.07) is 5.87. The molecule has 21 heavy (non-hydrogen) atoms. The molecule has 2 aromatic rings. The van der Waals surface area contributed by atoms with Gasteiger partial charge in [-0.1, -0.05) is 24.9 Å². The van der Waals surface area contributed by atoms with E-state index in [4.69, 9.17) is 17.0 Å². The van der Waals surface area contributed by atoms with Crippen LogP contribution in [0.15, 0.2) is 24.3 Å². The molecule has 0 aliphatic heterocycles. The normalized spacial score (nSPS) is 10.5. The predicted molar refractivity (Wildman–Crippen MR) is 83.7 cm³/mol. The summed E-state index contributed by atoms with van der Waals surface area (Å²) in [6.45, 7) is 2.00. The van der Waals surface area contributed by atoms with Crippen molar-refractivity contribution in [1.29, 1.82) is 5.41 Å². The predicted octanol–water partition coefficient (Wildman–Crippen LogP) is 4.15. The van der Waals surface area contributed by atoms with Gasteiger partial charge in [0.05, 0.1) is 11.4 Å². The Kier molecular flexibility index (Phi) is 4.85. The summed E-state index contributed by atoms with van der Waals surface area (Å²) >= 11 is 6.18. The Morgan fingerprint density at radius 1 is 1.29 bits per heavy atom. The summed E-state index contributed by atoms with van der Waals surface area (Å²) in [5.41, 5.74) is 2.08. The van der Waals surface area contributed by atoms with Gasteiger partial charge in [0.2, 0.25) is 0 Å². The molecule has 110 valence electrons. The van der Waals surface area contributed by atoms with E-state index in [1.165, 1.54) is 12.1 Å². The average Bonchev–Trinajstić information content (AvgIpc) is 2.47. The van der Waals surface area contributed by atoms with Crippen LogP contribution in [-0.2, 0) is 0 Å². The van der Waals surface area contributed by atoms with Crippen molar-refractivity contribution >= 4 is 23.0 Å². The van der Waals surface area contributed by atoms with Crippen LogP contribution in [0.2, 0.25) is 5.15 Å². The maximum Gasteiger partial charge on any atom is 0.161 e. The molecule has 2 rings (SSSR count). The second kappa shape index (κ2) is 6.63. The molecule has 0 amide bonds. The van der Waals surface area contributed by atoms with Crippen LogP contribution < -0.4 is 5.32 Å². The maximum absolute atomic E-state index is 13.0. The fourth-order valence-electron chi connectivity index (χ4n) is 1.97. The van der Waals surface area contributed by atoms with Gasteiger partial charge in [-0.2, -0.15) is 0 Å². The highest BCUT2D eigenvalue weighted by molar-refractivity contribution is 6.33. The number of nitrogens with one attached hydrogen (secondary N) is 2. The van der Waals surface area contributed by atoms with Crippen LogP contribution in [0.5, 0.6) is 0 Å². The van der Waals surface area contributed by atoms with Crippen LogP contribution >= 0.6 is 11.6 Å². The van der Waals surface area contributed by atoms with Crippen LogP contribution in [0.3, 0.4) is 0 Å². The highest BCUT2D eigenvalue weighted by Gasteiger charge is 2.16. The van der Waals surface area contributed by atoms with Crippen molar-refractivity contribution in [1.82, 2.24) is 9.97 Å². The lowest BCUT2D eigenvalue weighted by atomic mass is 10.1. The zero-order valence-corrected chi connectivity index (χ0v) is 12.6. The van der Waals surface area contributed by atoms with Crippen molar-refractivity contribution in [3.63, 3.8) is 0 Å². The first-order valence-corrected chi connectivity index (χ1v) is 7.03. The fourth-order valence-corrected chi connectivity index (χ4v) is 2.23. The van der Waals surface area contributed by atoms with E-state index in [0.717, 1.165) is 6.42 Å². The van der Waals surface area contributed by atoms with E-state index >= 15 is 0 Å². The third kappa shape index (κ3) is 3.36.